The average molecular weight is 667 g/mol. The Balaban J connectivity index is 4.25. The van der Waals surface area contributed by atoms with Gasteiger partial charge in [-0.05, 0) is 19.8 Å². The zero-order valence-electron chi connectivity index (χ0n) is 31.3. The first kappa shape index (κ1) is 45.9. The Bertz CT molecular complexity index is 704. The van der Waals surface area contributed by atoms with E-state index in [0.717, 1.165) is 45.4 Å². The highest BCUT2D eigenvalue weighted by atomic mass is 16.4. The van der Waals surface area contributed by atoms with Gasteiger partial charge in [0.15, 0.2) is 17.3 Å². The molecule has 278 valence electrons. The van der Waals surface area contributed by atoms with Crippen LogP contribution < -0.4 is 0 Å². The van der Waals surface area contributed by atoms with Crippen molar-refractivity contribution in [2.75, 3.05) is 0 Å². The third-order valence-corrected chi connectivity index (χ3v) is 10.0. The largest absolute Gasteiger partial charge is 0.386 e. The van der Waals surface area contributed by atoms with Crippen molar-refractivity contribution in [1.29, 1.82) is 0 Å². The van der Waals surface area contributed by atoms with Crippen LogP contribution in [0.3, 0.4) is 0 Å². The minimum absolute atomic E-state index is 0.0545. The normalized spacial score (nSPS) is 13.1. The molecule has 0 aromatic carbocycles. The summed E-state index contributed by atoms with van der Waals surface area (Å²) in [5, 5.41) is 32.0. The highest BCUT2D eigenvalue weighted by molar-refractivity contribution is 6.11. The molecule has 47 heavy (non-hydrogen) atoms. The monoisotopic (exact) mass is 667 g/mol. The second kappa shape index (κ2) is 32.1. The second-order valence-corrected chi connectivity index (χ2v) is 14.5. The molecule has 2 unspecified atom stereocenters. The molecule has 0 saturated heterocycles. The van der Waals surface area contributed by atoms with Crippen LogP contribution >= 0.6 is 0 Å². The highest BCUT2D eigenvalue weighted by Crippen LogP contribution is 2.25. The Morgan fingerprint density at radius 2 is 0.638 bits per heavy atom. The molecule has 0 radical (unpaired) electrons. The van der Waals surface area contributed by atoms with E-state index < -0.39 is 35.2 Å². The molecule has 0 spiro atoms. The van der Waals surface area contributed by atoms with Crippen molar-refractivity contribution in [3.05, 3.63) is 0 Å². The van der Waals surface area contributed by atoms with Crippen LogP contribution in [0.2, 0.25) is 0 Å². The van der Waals surface area contributed by atoms with E-state index in [1.165, 1.54) is 141 Å². The molecular formula is C41H78O6. The number of carbonyl (C=O) groups is 3. The fourth-order valence-corrected chi connectivity index (χ4v) is 6.63. The van der Waals surface area contributed by atoms with Crippen LogP contribution in [-0.4, -0.2) is 50.5 Å². The lowest BCUT2D eigenvalue weighted by molar-refractivity contribution is -0.174. The maximum absolute atomic E-state index is 13.1. The van der Waals surface area contributed by atoms with Crippen molar-refractivity contribution in [3.8, 4) is 0 Å². The number of unbranched alkanes of at least 4 members (excludes halogenated alkanes) is 28. The zero-order valence-corrected chi connectivity index (χ0v) is 31.3. The van der Waals surface area contributed by atoms with Crippen molar-refractivity contribution in [1.82, 2.24) is 0 Å². The molecule has 0 fully saturated rings. The molecule has 0 aromatic heterocycles. The van der Waals surface area contributed by atoms with E-state index in [4.69, 9.17) is 0 Å². The second-order valence-electron chi connectivity index (χ2n) is 14.5. The number of aliphatic hydroxyl groups is 3. The lowest BCUT2D eigenvalue weighted by atomic mass is 9.80. The Labute approximate surface area is 290 Å². The van der Waals surface area contributed by atoms with Crippen LogP contribution in [0.25, 0.3) is 0 Å². The number of ketones is 3. The predicted molar refractivity (Wildman–Crippen MR) is 197 cm³/mol. The van der Waals surface area contributed by atoms with Crippen molar-refractivity contribution < 1.29 is 29.7 Å². The van der Waals surface area contributed by atoms with Crippen LogP contribution in [0.5, 0.6) is 0 Å². The number of rotatable bonds is 37. The summed E-state index contributed by atoms with van der Waals surface area (Å²) >= 11 is 0. The lowest BCUT2D eigenvalue weighted by Crippen LogP contribution is -2.61. The van der Waals surface area contributed by atoms with E-state index in [-0.39, 0.29) is 12.8 Å². The molecule has 0 amide bonds. The quantitative estimate of drug-likeness (QED) is 0.0449. The van der Waals surface area contributed by atoms with Gasteiger partial charge in [-0.2, -0.15) is 0 Å². The van der Waals surface area contributed by atoms with Crippen LogP contribution in [0.1, 0.15) is 226 Å². The average Bonchev–Trinajstić information content (AvgIpc) is 3.06. The molecular weight excluding hydrogens is 588 g/mol. The number of hydrogen-bond donors (Lipinski definition) is 3. The van der Waals surface area contributed by atoms with Gasteiger partial charge in [0, 0.05) is 12.8 Å². The number of aliphatic hydroxyl groups excluding tert-OH is 2. The molecule has 0 aromatic rings. The molecule has 6 heteroatoms. The van der Waals surface area contributed by atoms with Gasteiger partial charge in [-0.3, -0.25) is 14.4 Å². The fraction of sp³-hybridized carbons (Fsp3) is 0.927. The maximum Gasteiger partial charge on any atom is 0.210 e. The molecule has 0 aliphatic rings. The molecule has 0 heterocycles. The lowest BCUT2D eigenvalue weighted by Gasteiger charge is -2.32. The van der Waals surface area contributed by atoms with Gasteiger partial charge in [0.05, 0.1) is 0 Å². The Kier molecular flexibility index (Phi) is 31.4. The van der Waals surface area contributed by atoms with E-state index in [1.807, 2.05) is 0 Å². The molecule has 0 bridgehead atoms. The van der Waals surface area contributed by atoms with Crippen LogP contribution in [-0.2, 0) is 14.4 Å². The van der Waals surface area contributed by atoms with Gasteiger partial charge in [0.2, 0.25) is 5.60 Å². The first-order valence-electron chi connectivity index (χ1n) is 20.4. The Morgan fingerprint density at radius 1 is 0.426 bits per heavy atom. The molecule has 0 aliphatic carbocycles. The third-order valence-electron chi connectivity index (χ3n) is 10.0. The number of carbonyl (C=O) groups excluding carboxylic acids is 3. The molecule has 0 rings (SSSR count). The topological polar surface area (TPSA) is 112 Å². The summed E-state index contributed by atoms with van der Waals surface area (Å²) in [6, 6.07) is 0. The van der Waals surface area contributed by atoms with Gasteiger partial charge in [-0.25, -0.2) is 0 Å². The van der Waals surface area contributed by atoms with E-state index >= 15 is 0 Å². The van der Waals surface area contributed by atoms with Crippen molar-refractivity contribution in [3.63, 3.8) is 0 Å². The van der Waals surface area contributed by atoms with Gasteiger partial charge in [0.1, 0.15) is 12.2 Å². The maximum atomic E-state index is 13.1. The van der Waals surface area contributed by atoms with Gasteiger partial charge in [0.25, 0.3) is 0 Å². The van der Waals surface area contributed by atoms with Gasteiger partial charge in [-0.1, -0.05) is 194 Å². The van der Waals surface area contributed by atoms with Gasteiger partial charge < -0.3 is 15.3 Å². The standard InChI is InChI=1S/C41H78O6/c1-4-6-8-10-12-14-16-18-20-22-24-26-28-30-32-34-37(43)41(47,40(46)39(45)36(3)42)38(44)35-33-31-29-27-25-23-21-19-17-15-13-11-9-7-5-2/h39-40,45-47H,4-35H2,1-3H3. The Hall–Kier alpha value is -1.11. The van der Waals surface area contributed by atoms with Crippen LogP contribution in [0.4, 0.5) is 0 Å². The zero-order chi connectivity index (χ0) is 35.0. The van der Waals surface area contributed by atoms with E-state index in [9.17, 15) is 29.7 Å². The molecule has 3 N–H and O–H groups in total. The third kappa shape index (κ3) is 23.8. The Morgan fingerprint density at radius 3 is 0.851 bits per heavy atom. The molecule has 2 atom stereocenters. The van der Waals surface area contributed by atoms with E-state index in [1.54, 1.807) is 0 Å². The summed E-state index contributed by atoms with van der Waals surface area (Å²) in [6.07, 6.45) is 31.4. The minimum atomic E-state index is -2.74. The smallest absolute Gasteiger partial charge is 0.210 e. The summed E-state index contributed by atoms with van der Waals surface area (Å²) in [5.74, 6) is -2.35. The summed E-state index contributed by atoms with van der Waals surface area (Å²) in [7, 11) is 0. The summed E-state index contributed by atoms with van der Waals surface area (Å²) in [5.41, 5.74) is -2.74. The summed E-state index contributed by atoms with van der Waals surface area (Å²) < 4.78 is 0. The number of Topliss-reactive ketones (excluding diaryl/α,β-unsaturated/α-hetero) is 3. The van der Waals surface area contributed by atoms with Gasteiger partial charge in [-0.15, -0.1) is 0 Å². The number of hydrogen-bond acceptors (Lipinski definition) is 6. The first-order chi connectivity index (χ1) is 22.7. The first-order valence-corrected chi connectivity index (χ1v) is 20.4. The van der Waals surface area contributed by atoms with Crippen molar-refractivity contribution >= 4 is 17.3 Å². The molecule has 0 saturated carbocycles. The van der Waals surface area contributed by atoms with Crippen LogP contribution in [0.15, 0.2) is 0 Å². The van der Waals surface area contributed by atoms with Gasteiger partial charge >= 0.3 is 0 Å². The minimum Gasteiger partial charge on any atom is -0.386 e. The van der Waals surface area contributed by atoms with Crippen molar-refractivity contribution in [2.45, 2.75) is 244 Å². The molecule has 6 nitrogen and oxygen atoms in total. The fourth-order valence-electron chi connectivity index (χ4n) is 6.63. The SMILES string of the molecule is CCCCCCCCCCCCCCCCCC(=O)C(O)(C(=O)CCCCCCCCCCCCCCCCC)C(O)C(O)C(C)=O. The van der Waals surface area contributed by atoms with Crippen LogP contribution in [0, 0.1) is 0 Å². The van der Waals surface area contributed by atoms with E-state index in [2.05, 4.69) is 13.8 Å². The molecule has 0 aliphatic heterocycles. The summed E-state index contributed by atoms with van der Waals surface area (Å²) in [4.78, 5) is 38.0. The predicted octanol–water partition coefficient (Wildman–Crippen LogP) is 10.7. The van der Waals surface area contributed by atoms with E-state index in [0.29, 0.717) is 12.8 Å². The van der Waals surface area contributed by atoms with Crippen molar-refractivity contribution in [2.24, 2.45) is 0 Å². The summed E-state index contributed by atoms with van der Waals surface area (Å²) in [6.45, 7) is 5.58. The highest BCUT2D eigenvalue weighted by Gasteiger charge is 2.52.